The molecule has 0 fully saturated rings. The van der Waals surface area contributed by atoms with E-state index in [-0.39, 0.29) is 5.91 Å². The number of nitrogens with zero attached hydrogens (tertiary/aromatic N) is 1. The fourth-order valence-electron chi connectivity index (χ4n) is 3.67. The van der Waals surface area contributed by atoms with Crippen molar-refractivity contribution in [2.75, 3.05) is 23.3 Å². The summed E-state index contributed by atoms with van der Waals surface area (Å²) in [6.07, 6.45) is 2.14. The Morgan fingerprint density at radius 1 is 0.960 bits per heavy atom. The molecule has 4 rings (SSSR count). The standard InChI is InChI=1S/C22H22N2O/c1-2-24-20-14-13-19(17-11-6-12-18(21(17)20)22(24)25)23-15-7-10-16-8-4-3-5-9-16/h3-6,8-9,11-14,23H,2,7,10,15H2,1H3. The molecular weight excluding hydrogens is 308 g/mol. The maximum absolute atomic E-state index is 12.5. The first-order valence-electron chi connectivity index (χ1n) is 8.95. The SMILES string of the molecule is CCN1C(=O)c2cccc3c(NCCCc4ccccc4)ccc1c23. The van der Waals surface area contributed by atoms with Crippen LogP contribution in [-0.4, -0.2) is 19.0 Å². The van der Waals surface area contributed by atoms with Crippen LogP contribution in [0.3, 0.4) is 0 Å². The molecule has 0 spiro atoms. The minimum absolute atomic E-state index is 0.115. The van der Waals surface area contributed by atoms with E-state index in [0.717, 1.165) is 47.1 Å². The third-order valence-corrected chi connectivity index (χ3v) is 4.90. The normalized spacial score (nSPS) is 12.8. The molecule has 3 nitrogen and oxygen atoms in total. The van der Waals surface area contributed by atoms with Gasteiger partial charge in [-0.2, -0.15) is 0 Å². The molecule has 1 amide bonds. The van der Waals surface area contributed by atoms with Gasteiger partial charge in [0.15, 0.2) is 0 Å². The van der Waals surface area contributed by atoms with E-state index in [1.165, 1.54) is 5.56 Å². The highest BCUT2D eigenvalue weighted by Gasteiger charge is 2.29. The summed E-state index contributed by atoms with van der Waals surface area (Å²) in [4.78, 5) is 14.4. The van der Waals surface area contributed by atoms with Gasteiger partial charge in [0.25, 0.3) is 5.91 Å². The topological polar surface area (TPSA) is 32.3 Å². The van der Waals surface area contributed by atoms with Crippen molar-refractivity contribution in [2.24, 2.45) is 0 Å². The first-order chi connectivity index (χ1) is 12.3. The van der Waals surface area contributed by atoms with Crippen LogP contribution in [0, 0.1) is 0 Å². The molecule has 0 atom stereocenters. The minimum atomic E-state index is 0.115. The molecule has 3 aromatic rings. The van der Waals surface area contributed by atoms with Gasteiger partial charge in [-0.25, -0.2) is 0 Å². The van der Waals surface area contributed by atoms with Crippen LogP contribution in [0.5, 0.6) is 0 Å². The van der Waals surface area contributed by atoms with Gasteiger partial charge in [0.2, 0.25) is 0 Å². The fourth-order valence-corrected chi connectivity index (χ4v) is 3.67. The van der Waals surface area contributed by atoms with Gasteiger partial charge in [0.1, 0.15) is 0 Å². The average Bonchev–Trinajstić information content (AvgIpc) is 2.94. The average molecular weight is 330 g/mol. The number of carbonyl (C=O) groups excluding carboxylic acids is 1. The van der Waals surface area contributed by atoms with Crippen LogP contribution < -0.4 is 10.2 Å². The van der Waals surface area contributed by atoms with Crippen LogP contribution in [0.1, 0.15) is 29.3 Å². The summed E-state index contributed by atoms with van der Waals surface area (Å²) in [6, 6.07) is 20.8. The number of anilines is 2. The summed E-state index contributed by atoms with van der Waals surface area (Å²) in [5.41, 5.74) is 4.34. The van der Waals surface area contributed by atoms with Gasteiger partial charge in [-0.1, -0.05) is 42.5 Å². The molecule has 3 aromatic carbocycles. The highest BCUT2D eigenvalue weighted by Crippen LogP contribution is 2.40. The molecule has 0 saturated heterocycles. The number of hydrogen-bond donors (Lipinski definition) is 1. The van der Waals surface area contributed by atoms with E-state index in [2.05, 4.69) is 53.8 Å². The molecule has 25 heavy (non-hydrogen) atoms. The molecule has 0 saturated carbocycles. The lowest BCUT2D eigenvalue weighted by Gasteiger charge is -2.16. The van der Waals surface area contributed by atoms with Crippen molar-refractivity contribution >= 4 is 28.1 Å². The Labute approximate surface area is 148 Å². The van der Waals surface area contributed by atoms with Crippen LogP contribution in [0.4, 0.5) is 11.4 Å². The molecule has 0 aromatic heterocycles. The third-order valence-electron chi connectivity index (χ3n) is 4.90. The minimum Gasteiger partial charge on any atom is -0.385 e. The van der Waals surface area contributed by atoms with E-state index >= 15 is 0 Å². The number of rotatable bonds is 6. The maximum Gasteiger partial charge on any atom is 0.258 e. The predicted molar refractivity (Wildman–Crippen MR) is 105 cm³/mol. The number of nitrogens with one attached hydrogen (secondary N) is 1. The van der Waals surface area contributed by atoms with Gasteiger partial charge in [-0.3, -0.25) is 4.79 Å². The summed E-state index contributed by atoms with van der Waals surface area (Å²) in [5, 5.41) is 5.78. The van der Waals surface area contributed by atoms with Crippen molar-refractivity contribution in [3.63, 3.8) is 0 Å². The Balaban J connectivity index is 1.54. The molecular formula is C22H22N2O. The van der Waals surface area contributed by atoms with E-state index in [4.69, 9.17) is 0 Å². The molecule has 0 aliphatic carbocycles. The Bertz CT molecular complexity index is 918. The number of benzene rings is 3. The van der Waals surface area contributed by atoms with Gasteiger partial charge in [0.05, 0.1) is 5.69 Å². The second kappa shape index (κ2) is 6.60. The molecule has 126 valence electrons. The molecule has 1 aliphatic heterocycles. The number of aryl methyl sites for hydroxylation is 1. The van der Waals surface area contributed by atoms with E-state index in [1.807, 2.05) is 24.0 Å². The van der Waals surface area contributed by atoms with E-state index in [1.54, 1.807) is 0 Å². The van der Waals surface area contributed by atoms with Crippen LogP contribution in [0.2, 0.25) is 0 Å². The van der Waals surface area contributed by atoms with Crippen LogP contribution in [0.25, 0.3) is 10.8 Å². The quantitative estimate of drug-likeness (QED) is 0.654. The molecule has 3 heteroatoms. The zero-order valence-electron chi connectivity index (χ0n) is 14.5. The van der Waals surface area contributed by atoms with Crippen molar-refractivity contribution in [2.45, 2.75) is 19.8 Å². The molecule has 1 heterocycles. The molecule has 1 aliphatic rings. The zero-order valence-corrected chi connectivity index (χ0v) is 14.5. The summed E-state index contributed by atoms with van der Waals surface area (Å²) in [7, 11) is 0. The Morgan fingerprint density at radius 2 is 1.80 bits per heavy atom. The van der Waals surface area contributed by atoms with Crippen molar-refractivity contribution in [3.8, 4) is 0 Å². The molecule has 0 radical (unpaired) electrons. The van der Waals surface area contributed by atoms with Crippen LogP contribution in [-0.2, 0) is 6.42 Å². The third kappa shape index (κ3) is 2.76. The zero-order chi connectivity index (χ0) is 17.2. The lowest BCUT2D eigenvalue weighted by atomic mass is 10.0. The van der Waals surface area contributed by atoms with Gasteiger partial charge < -0.3 is 10.2 Å². The van der Waals surface area contributed by atoms with Crippen LogP contribution in [0.15, 0.2) is 60.7 Å². The van der Waals surface area contributed by atoms with Gasteiger partial charge in [-0.15, -0.1) is 0 Å². The Morgan fingerprint density at radius 3 is 2.60 bits per heavy atom. The first kappa shape index (κ1) is 15.7. The predicted octanol–water partition coefficient (Wildman–Crippen LogP) is 4.86. The second-order valence-corrected chi connectivity index (χ2v) is 6.43. The van der Waals surface area contributed by atoms with Gasteiger partial charge in [0, 0.05) is 35.1 Å². The monoisotopic (exact) mass is 330 g/mol. The highest BCUT2D eigenvalue weighted by atomic mass is 16.2. The highest BCUT2D eigenvalue weighted by molar-refractivity contribution is 6.26. The Kier molecular flexibility index (Phi) is 4.14. The largest absolute Gasteiger partial charge is 0.385 e. The van der Waals surface area contributed by atoms with Crippen molar-refractivity contribution in [1.29, 1.82) is 0 Å². The van der Waals surface area contributed by atoms with E-state index in [0.29, 0.717) is 6.54 Å². The van der Waals surface area contributed by atoms with Crippen molar-refractivity contribution < 1.29 is 4.79 Å². The lowest BCUT2D eigenvalue weighted by molar-refractivity contribution is 0.0994. The fraction of sp³-hybridized carbons (Fsp3) is 0.227. The summed E-state index contributed by atoms with van der Waals surface area (Å²) >= 11 is 0. The van der Waals surface area contributed by atoms with Crippen molar-refractivity contribution in [3.05, 3.63) is 71.8 Å². The number of hydrogen-bond acceptors (Lipinski definition) is 2. The summed E-state index contributed by atoms with van der Waals surface area (Å²) in [5.74, 6) is 0.115. The van der Waals surface area contributed by atoms with E-state index < -0.39 is 0 Å². The second-order valence-electron chi connectivity index (χ2n) is 6.43. The number of carbonyl (C=O) groups is 1. The molecule has 1 N–H and O–H groups in total. The lowest BCUT2D eigenvalue weighted by Crippen LogP contribution is -2.25. The van der Waals surface area contributed by atoms with Gasteiger partial charge >= 0.3 is 0 Å². The summed E-state index contributed by atoms with van der Waals surface area (Å²) < 4.78 is 0. The molecule has 0 bridgehead atoms. The van der Waals surface area contributed by atoms with Crippen LogP contribution >= 0.6 is 0 Å². The number of amides is 1. The smallest absolute Gasteiger partial charge is 0.258 e. The molecule has 0 unspecified atom stereocenters. The van der Waals surface area contributed by atoms with Crippen molar-refractivity contribution in [1.82, 2.24) is 0 Å². The van der Waals surface area contributed by atoms with Gasteiger partial charge in [-0.05, 0) is 43.5 Å². The first-order valence-corrected chi connectivity index (χ1v) is 8.95. The van der Waals surface area contributed by atoms with E-state index in [9.17, 15) is 4.79 Å². The summed E-state index contributed by atoms with van der Waals surface area (Å²) in [6.45, 7) is 3.64. The maximum atomic E-state index is 12.5. The Hall–Kier alpha value is -2.81.